The fraction of sp³-hybridized carbons (Fsp3) is 0.600. The summed E-state index contributed by atoms with van der Waals surface area (Å²) in [4.78, 5) is -0.104. The summed E-state index contributed by atoms with van der Waals surface area (Å²) < 4.78 is 29.7. The summed E-state index contributed by atoms with van der Waals surface area (Å²) in [6.07, 6.45) is 16.2. The van der Waals surface area contributed by atoms with E-state index in [0.29, 0.717) is 0 Å². The molecule has 0 saturated heterocycles. The Morgan fingerprint density at radius 1 is 0.880 bits per heavy atom. The monoisotopic (exact) mass is 365 g/mol. The fourth-order valence-corrected chi connectivity index (χ4v) is 4.13. The van der Waals surface area contributed by atoms with Crippen LogP contribution in [0, 0.1) is 0 Å². The molecule has 5 heteroatoms. The number of hydrogen-bond acceptors (Lipinski definition) is 3. The zero-order valence-corrected chi connectivity index (χ0v) is 15.8. The van der Waals surface area contributed by atoms with Crippen LogP contribution in [0.3, 0.4) is 0 Å². The van der Waals surface area contributed by atoms with Crippen LogP contribution >= 0.6 is 0 Å². The largest absolute Gasteiger partial charge is 0.311 e. The van der Waals surface area contributed by atoms with Crippen LogP contribution in [-0.4, -0.2) is 25.1 Å². The van der Waals surface area contributed by atoms with E-state index in [-0.39, 0.29) is 4.90 Å². The maximum absolute atomic E-state index is 10.6. The van der Waals surface area contributed by atoms with E-state index in [9.17, 15) is 8.42 Å². The molecule has 0 aromatic heterocycles. The molecule has 0 bridgehead atoms. The molecule has 0 atom stereocenters. The molecule has 25 heavy (non-hydrogen) atoms. The van der Waals surface area contributed by atoms with Gasteiger partial charge in [0.25, 0.3) is 10.1 Å². The van der Waals surface area contributed by atoms with E-state index in [0.717, 1.165) is 17.6 Å². The third kappa shape index (κ3) is 7.30. The number of benzene rings is 1. The zero-order valence-electron chi connectivity index (χ0n) is 15.0. The Balaban J connectivity index is 0.000000181. The molecular formula is C20H31NO3S. The molecule has 2 aliphatic carbocycles. The van der Waals surface area contributed by atoms with Gasteiger partial charge in [0.1, 0.15) is 0 Å². The van der Waals surface area contributed by atoms with Gasteiger partial charge in [0.2, 0.25) is 0 Å². The first-order valence-electron chi connectivity index (χ1n) is 9.45. The van der Waals surface area contributed by atoms with Crippen molar-refractivity contribution >= 4 is 16.2 Å². The highest BCUT2D eigenvalue weighted by Gasteiger charge is 2.19. The van der Waals surface area contributed by atoms with Crippen LogP contribution in [-0.2, 0) is 10.1 Å². The second-order valence-corrected chi connectivity index (χ2v) is 8.51. The minimum absolute atomic E-state index is 0.104. The fourth-order valence-electron chi connectivity index (χ4n) is 3.65. The van der Waals surface area contributed by atoms with Crippen molar-refractivity contribution in [1.29, 1.82) is 0 Å². The Morgan fingerprint density at radius 2 is 1.32 bits per heavy atom. The average molecular weight is 366 g/mol. The van der Waals surface area contributed by atoms with Gasteiger partial charge in [0.05, 0.1) is 4.90 Å². The molecule has 0 aliphatic heterocycles. The SMILES string of the molecule is C1CCC(NC2CCCCC2)CC1.C=Cc1ccc(S(=O)(=O)O)cc1. The molecule has 3 rings (SSSR count). The lowest BCUT2D eigenvalue weighted by molar-refractivity contribution is 0.291. The van der Waals surface area contributed by atoms with Crippen LogP contribution < -0.4 is 5.32 Å². The highest BCUT2D eigenvalue weighted by Crippen LogP contribution is 2.22. The standard InChI is InChI=1S/C12H23N.C8H8O3S/c1-3-7-11(8-4-1)13-12-9-5-2-6-10-12;1-2-7-3-5-8(6-4-7)12(9,10)11/h11-13H,1-10H2;2-6H,1H2,(H,9,10,11). The summed E-state index contributed by atoms with van der Waals surface area (Å²) in [5, 5.41) is 3.86. The van der Waals surface area contributed by atoms with Gasteiger partial charge in [-0.25, -0.2) is 0 Å². The lowest BCUT2D eigenvalue weighted by atomic mass is 9.91. The van der Waals surface area contributed by atoms with Crippen molar-refractivity contribution in [2.45, 2.75) is 81.2 Å². The van der Waals surface area contributed by atoms with Gasteiger partial charge < -0.3 is 5.32 Å². The Hall–Kier alpha value is -1.17. The lowest BCUT2D eigenvalue weighted by Crippen LogP contribution is -2.40. The van der Waals surface area contributed by atoms with E-state index in [1.54, 1.807) is 18.2 Å². The van der Waals surface area contributed by atoms with Crippen molar-refractivity contribution in [3.63, 3.8) is 0 Å². The van der Waals surface area contributed by atoms with Crippen molar-refractivity contribution in [2.75, 3.05) is 0 Å². The summed E-state index contributed by atoms with van der Waals surface area (Å²) in [5.41, 5.74) is 0.808. The molecule has 0 amide bonds. The van der Waals surface area contributed by atoms with Crippen LogP contribution in [0.25, 0.3) is 6.08 Å². The van der Waals surface area contributed by atoms with E-state index in [4.69, 9.17) is 4.55 Å². The molecule has 4 nitrogen and oxygen atoms in total. The van der Waals surface area contributed by atoms with Gasteiger partial charge in [-0.2, -0.15) is 8.42 Å². The van der Waals surface area contributed by atoms with E-state index in [2.05, 4.69) is 11.9 Å². The van der Waals surface area contributed by atoms with E-state index in [1.165, 1.54) is 76.3 Å². The zero-order chi connectivity index (χ0) is 18.1. The van der Waals surface area contributed by atoms with Crippen molar-refractivity contribution in [3.05, 3.63) is 36.4 Å². The molecule has 0 spiro atoms. The van der Waals surface area contributed by atoms with Gasteiger partial charge in [-0.3, -0.25) is 4.55 Å². The summed E-state index contributed by atoms with van der Waals surface area (Å²) in [7, 11) is -4.06. The third-order valence-corrected chi connectivity index (χ3v) is 5.96. The average Bonchev–Trinajstić information content (AvgIpc) is 2.63. The second kappa shape index (κ2) is 10.1. The van der Waals surface area contributed by atoms with Crippen LogP contribution in [0.4, 0.5) is 0 Å². The Labute approximate surface area is 152 Å². The van der Waals surface area contributed by atoms with Crippen LogP contribution in [0.1, 0.15) is 69.8 Å². The van der Waals surface area contributed by atoms with Crippen molar-refractivity contribution in [2.24, 2.45) is 0 Å². The highest BCUT2D eigenvalue weighted by molar-refractivity contribution is 7.85. The summed E-state index contributed by atoms with van der Waals surface area (Å²) in [6, 6.07) is 7.53. The smallest absolute Gasteiger partial charge is 0.294 e. The number of nitrogens with one attached hydrogen (secondary N) is 1. The van der Waals surface area contributed by atoms with E-state index < -0.39 is 10.1 Å². The minimum atomic E-state index is -4.06. The normalized spacial score (nSPS) is 19.7. The third-order valence-electron chi connectivity index (χ3n) is 5.10. The second-order valence-electron chi connectivity index (χ2n) is 7.08. The predicted octanol–water partition coefficient (Wildman–Crippen LogP) is 4.82. The first-order chi connectivity index (χ1) is 12.0. The summed E-state index contributed by atoms with van der Waals surface area (Å²) >= 11 is 0. The van der Waals surface area contributed by atoms with Crippen LogP contribution in [0.15, 0.2) is 35.7 Å². The van der Waals surface area contributed by atoms with Crippen LogP contribution in [0.5, 0.6) is 0 Å². The Kier molecular flexibility index (Phi) is 8.13. The van der Waals surface area contributed by atoms with Gasteiger partial charge in [0.15, 0.2) is 0 Å². The predicted molar refractivity (Wildman–Crippen MR) is 103 cm³/mol. The molecular weight excluding hydrogens is 334 g/mol. The number of rotatable bonds is 4. The molecule has 1 aromatic carbocycles. The molecule has 1 aromatic rings. The molecule has 0 radical (unpaired) electrons. The maximum Gasteiger partial charge on any atom is 0.294 e. The Bertz CT molecular complexity index is 597. The molecule has 2 saturated carbocycles. The quantitative estimate of drug-likeness (QED) is 0.751. The summed E-state index contributed by atoms with van der Waals surface area (Å²) in [6.45, 7) is 3.51. The van der Waals surface area contributed by atoms with Gasteiger partial charge in [-0.15, -0.1) is 0 Å². The maximum atomic E-state index is 10.6. The van der Waals surface area contributed by atoms with Crippen LogP contribution in [0.2, 0.25) is 0 Å². The number of hydrogen-bond donors (Lipinski definition) is 2. The van der Waals surface area contributed by atoms with E-state index in [1.807, 2.05) is 0 Å². The Morgan fingerprint density at radius 3 is 1.68 bits per heavy atom. The topological polar surface area (TPSA) is 66.4 Å². The molecule has 0 heterocycles. The molecule has 2 aliphatic rings. The van der Waals surface area contributed by atoms with Gasteiger partial charge >= 0.3 is 0 Å². The first kappa shape index (κ1) is 20.1. The minimum Gasteiger partial charge on any atom is -0.311 e. The van der Waals surface area contributed by atoms with Crippen molar-refractivity contribution in [1.82, 2.24) is 5.32 Å². The molecule has 2 N–H and O–H groups in total. The molecule has 2 fully saturated rings. The van der Waals surface area contributed by atoms with E-state index >= 15 is 0 Å². The molecule has 0 unspecified atom stereocenters. The van der Waals surface area contributed by atoms with Gasteiger partial charge in [-0.05, 0) is 43.4 Å². The van der Waals surface area contributed by atoms with Crippen molar-refractivity contribution in [3.8, 4) is 0 Å². The highest BCUT2D eigenvalue weighted by atomic mass is 32.2. The first-order valence-corrected chi connectivity index (χ1v) is 10.9. The lowest BCUT2D eigenvalue weighted by Gasteiger charge is -2.30. The summed E-state index contributed by atoms with van der Waals surface area (Å²) in [5.74, 6) is 0. The van der Waals surface area contributed by atoms with Gasteiger partial charge in [-0.1, -0.05) is 63.3 Å². The van der Waals surface area contributed by atoms with Crippen molar-refractivity contribution < 1.29 is 13.0 Å². The van der Waals surface area contributed by atoms with Gasteiger partial charge in [0, 0.05) is 12.1 Å². The molecule has 140 valence electrons.